The molecule has 0 aliphatic carbocycles. The van der Waals surface area contributed by atoms with Gasteiger partial charge in [-0.2, -0.15) is 13.2 Å². The van der Waals surface area contributed by atoms with Crippen molar-refractivity contribution in [1.29, 1.82) is 0 Å². The van der Waals surface area contributed by atoms with Gasteiger partial charge in [-0.05, 0) is 42.5 Å². The number of ether oxygens (including phenoxy) is 1. The van der Waals surface area contributed by atoms with E-state index in [9.17, 15) is 26.4 Å². The number of methoxy groups -OCH3 is 1. The molecule has 0 radical (unpaired) electrons. The number of benzene rings is 3. The maximum atomic E-state index is 13.5. The lowest BCUT2D eigenvalue weighted by Gasteiger charge is -2.26. The van der Waals surface area contributed by atoms with Gasteiger partial charge in [0, 0.05) is 5.69 Å². The molecule has 0 bridgehead atoms. The Labute approximate surface area is 193 Å². The normalized spacial score (nSPS) is 11.7. The molecule has 0 unspecified atom stereocenters. The molecule has 0 spiro atoms. The molecule has 1 N–H and O–H groups in total. The number of sulfonamides is 1. The summed E-state index contributed by atoms with van der Waals surface area (Å²) >= 11 is 6.00. The highest BCUT2D eigenvalue weighted by atomic mass is 35.5. The van der Waals surface area contributed by atoms with Crippen LogP contribution in [0, 0.1) is 0 Å². The van der Waals surface area contributed by atoms with Crippen molar-refractivity contribution in [3.8, 4) is 5.75 Å². The van der Waals surface area contributed by atoms with E-state index in [1.54, 1.807) is 36.4 Å². The van der Waals surface area contributed by atoms with Gasteiger partial charge < -0.3 is 10.1 Å². The van der Waals surface area contributed by atoms with E-state index in [0.717, 1.165) is 6.07 Å². The topological polar surface area (TPSA) is 75.7 Å². The molecule has 0 aromatic heterocycles. The van der Waals surface area contributed by atoms with Gasteiger partial charge in [0.1, 0.15) is 17.2 Å². The predicted molar refractivity (Wildman–Crippen MR) is 119 cm³/mol. The second-order valence-electron chi connectivity index (χ2n) is 6.74. The summed E-state index contributed by atoms with van der Waals surface area (Å²) in [6, 6.07) is 16.2. The molecule has 3 rings (SSSR count). The van der Waals surface area contributed by atoms with Crippen LogP contribution < -0.4 is 14.4 Å². The maximum absolute atomic E-state index is 13.5. The Morgan fingerprint density at radius 2 is 1.67 bits per heavy atom. The fraction of sp³-hybridized carbons (Fsp3) is 0.136. The van der Waals surface area contributed by atoms with Gasteiger partial charge in [-0.15, -0.1) is 0 Å². The molecule has 11 heteroatoms. The van der Waals surface area contributed by atoms with E-state index >= 15 is 0 Å². The second-order valence-corrected chi connectivity index (χ2v) is 8.98. The second kappa shape index (κ2) is 9.72. The van der Waals surface area contributed by atoms with Crippen molar-refractivity contribution >= 4 is 38.9 Å². The van der Waals surface area contributed by atoms with Gasteiger partial charge in [-0.3, -0.25) is 9.10 Å². The van der Waals surface area contributed by atoms with Crippen molar-refractivity contribution in [3.05, 3.63) is 83.4 Å². The van der Waals surface area contributed by atoms with E-state index in [1.807, 2.05) is 0 Å². The minimum atomic E-state index is -4.80. The number of rotatable bonds is 7. The Bertz CT molecular complexity index is 1250. The number of hydrogen-bond acceptors (Lipinski definition) is 4. The number of amides is 1. The molecule has 0 aliphatic heterocycles. The standard InChI is InChI=1S/C22H18ClF3N2O4S/c1-32-19-10-6-5-9-18(19)28(14-21(29)27-16-7-3-2-4-8-16)33(30,31)20-13-15(22(24,25)26)11-12-17(20)23/h2-13H,14H2,1H3,(H,27,29). The van der Waals surface area contributed by atoms with Crippen molar-refractivity contribution < 1.29 is 31.1 Å². The van der Waals surface area contributed by atoms with Gasteiger partial charge in [0.15, 0.2) is 0 Å². The number of nitrogens with zero attached hydrogens (tertiary/aromatic N) is 1. The first kappa shape index (κ1) is 24.4. The van der Waals surface area contributed by atoms with Crippen LogP contribution in [0.4, 0.5) is 24.5 Å². The molecule has 33 heavy (non-hydrogen) atoms. The number of para-hydroxylation sites is 3. The predicted octanol–water partition coefficient (Wildman–Crippen LogP) is 5.20. The van der Waals surface area contributed by atoms with E-state index < -0.39 is 44.1 Å². The highest BCUT2D eigenvalue weighted by Crippen LogP contribution is 2.37. The highest BCUT2D eigenvalue weighted by Gasteiger charge is 2.36. The number of carbonyl (C=O) groups is 1. The number of anilines is 2. The van der Waals surface area contributed by atoms with E-state index in [2.05, 4.69) is 5.32 Å². The molecular weight excluding hydrogens is 481 g/mol. The summed E-state index contributed by atoms with van der Waals surface area (Å²) in [4.78, 5) is 11.9. The summed E-state index contributed by atoms with van der Waals surface area (Å²) in [7, 11) is -3.43. The Morgan fingerprint density at radius 1 is 1.03 bits per heavy atom. The summed E-state index contributed by atoms with van der Waals surface area (Å²) in [5.74, 6) is -0.629. The molecule has 174 valence electrons. The van der Waals surface area contributed by atoms with E-state index in [0.29, 0.717) is 22.1 Å². The number of alkyl halides is 3. The summed E-state index contributed by atoms with van der Waals surface area (Å²) in [6.45, 7) is -0.746. The SMILES string of the molecule is COc1ccccc1N(CC(=O)Nc1ccccc1)S(=O)(=O)c1cc(C(F)(F)F)ccc1Cl. The largest absolute Gasteiger partial charge is 0.495 e. The monoisotopic (exact) mass is 498 g/mol. The van der Waals surface area contributed by atoms with Crippen LogP contribution in [0.15, 0.2) is 77.7 Å². The van der Waals surface area contributed by atoms with Crippen LogP contribution in [0.1, 0.15) is 5.56 Å². The van der Waals surface area contributed by atoms with E-state index in [4.69, 9.17) is 16.3 Å². The zero-order valence-corrected chi connectivity index (χ0v) is 18.7. The molecular formula is C22H18ClF3N2O4S. The average Bonchev–Trinajstić information content (AvgIpc) is 2.77. The number of hydrogen-bond donors (Lipinski definition) is 1. The molecule has 0 saturated carbocycles. The van der Waals surface area contributed by atoms with Crippen molar-refractivity contribution in [2.24, 2.45) is 0 Å². The first-order valence-electron chi connectivity index (χ1n) is 9.41. The first-order chi connectivity index (χ1) is 15.5. The molecule has 0 aliphatic rings. The van der Waals surface area contributed by atoms with E-state index in [1.165, 1.54) is 25.3 Å². The molecule has 1 amide bonds. The number of carbonyl (C=O) groups excluding carboxylic acids is 1. The zero-order valence-electron chi connectivity index (χ0n) is 17.1. The van der Waals surface area contributed by atoms with E-state index in [-0.39, 0.29) is 11.4 Å². The van der Waals surface area contributed by atoms with Crippen LogP contribution >= 0.6 is 11.6 Å². The van der Waals surface area contributed by atoms with Crippen molar-refractivity contribution in [3.63, 3.8) is 0 Å². The lowest BCUT2D eigenvalue weighted by atomic mass is 10.2. The zero-order chi connectivity index (χ0) is 24.2. The Hall–Kier alpha value is -3.24. The van der Waals surface area contributed by atoms with Gasteiger partial charge in [0.05, 0.1) is 23.4 Å². The van der Waals surface area contributed by atoms with Gasteiger partial charge in [0.25, 0.3) is 10.0 Å². The lowest BCUT2D eigenvalue weighted by molar-refractivity contribution is -0.137. The van der Waals surface area contributed by atoms with Crippen molar-refractivity contribution in [1.82, 2.24) is 0 Å². The Balaban J connectivity index is 2.10. The number of halogens is 4. The summed E-state index contributed by atoms with van der Waals surface area (Å²) in [6.07, 6.45) is -4.80. The summed E-state index contributed by atoms with van der Waals surface area (Å²) in [5, 5.41) is 2.13. The lowest BCUT2D eigenvalue weighted by Crippen LogP contribution is -2.38. The van der Waals surface area contributed by atoms with Gasteiger partial charge in [0.2, 0.25) is 5.91 Å². The fourth-order valence-electron chi connectivity index (χ4n) is 2.98. The fourth-order valence-corrected chi connectivity index (χ4v) is 4.92. The molecule has 0 heterocycles. The van der Waals surface area contributed by atoms with Gasteiger partial charge in [-0.25, -0.2) is 8.42 Å². The van der Waals surface area contributed by atoms with Crippen LogP contribution in [0.3, 0.4) is 0 Å². The minimum absolute atomic E-state index is 0.0447. The number of nitrogens with one attached hydrogen (secondary N) is 1. The van der Waals surface area contributed by atoms with Gasteiger partial charge in [-0.1, -0.05) is 41.9 Å². The molecule has 6 nitrogen and oxygen atoms in total. The Kier molecular flexibility index (Phi) is 7.19. The van der Waals surface area contributed by atoms with Crippen LogP contribution in [0.25, 0.3) is 0 Å². The van der Waals surface area contributed by atoms with Crippen LogP contribution in [0.2, 0.25) is 5.02 Å². The minimum Gasteiger partial charge on any atom is -0.495 e. The third-order valence-electron chi connectivity index (χ3n) is 4.53. The first-order valence-corrected chi connectivity index (χ1v) is 11.2. The van der Waals surface area contributed by atoms with Crippen LogP contribution in [0.5, 0.6) is 5.75 Å². The van der Waals surface area contributed by atoms with Crippen LogP contribution in [-0.2, 0) is 21.0 Å². The van der Waals surface area contributed by atoms with Crippen LogP contribution in [-0.4, -0.2) is 28.0 Å². The van der Waals surface area contributed by atoms with Crippen molar-refractivity contribution in [2.75, 3.05) is 23.3 Å². The highest BCUT2D eigenvalue weighted by molar-refractivity contribution is 7.93. The summed E-state index contributed by atoms with van der Waals surface area (Å²) < 4.78 is 72.7. The Morgan fingerprint density at radius 3 is 2.30 bits per heavy atom. The molecule has 3 aromatic carbocycles. The third-order valence-corrected chi connectivity index (χ3v) is 6.77. The quantitative estimate of drug-likeness (QED) is 0.486. The average molecular weight is 499 g/mol. The van der Waals surface area contributed by atoms with Crippen molar-refractivity contribution in [2.45, 2.75) is 11.1 Å². The molecule has 3 aromatic rings. The molecule has 0 atom stereocenters. The molecule has 0 saturated heterocycles. The molecule has 0 fully saturated rings. The van der Waals surface area contributed by atoms with Gasteiger partial charge >= 0.3 is 6.18 Å². The third kappa shape index (κ3) is 5.58. The maximum Gasteiger partial charge on any atom is 0.416 e. The summed E-state index contributed by atoms with van der Waals surface area (Å²) in [5.41, 5.74) is -0.826. The smallest absolute Gasteiger partial charge is 0.416 e.